The Balaban J connectivity index is 2.14. The first-order valence-corrected chi connectivity index (χ1v) is 7.94. The van der Waals surface area contributed by atoms with E-state index in [1.807, 2.05) is 13.2 Å². The first-order chi connectivity index (χ1) is 7.86. The SMILES string of the molecule is CCn1ccnc1C(NC)C1CSCCS1. The fourth-order valence-corrected chi connectivity index (χ4v) is 4.92. The van der Waals surface area contributed by atoms with Gasteiger partial charge in [-0.25, -0.2) is 4.98 Å². The van der Waals surface area contributed by atoms with E-state index < -0.39 is 0 Å². The standard InChI is InChI=1S/C11H19N3S2/c1-3-14-5-4-13-11(14)10(12-2)9-8-15-6-7-16-9/h4-5,9-10,12H,3,6-8H2,1-2H3. The molecule has 0 amide bonds. The van der Waals surface area contributed by atoms with Crippen molar-refractivity contribution < 1.29 is 0 Å². The largest absolute Gasteiger partial charge is 0.334 e. The lowest BCUT2D eigenvalue weighted by Gasteiger charge is -2.29. The molecule has 2 heterocycles. The van der Waals surface area contributed by atoms with Gasteiger partial charge in [0.25, 0.3) is 0 Å². The van der Waals surface area contributed by atoms with Crippen LogP contribution < -0.4 is 5.32 Å². The quantitative estimate of drug-likeness (QED) is 0.894. The van der Waals surface area contributed by atoms with Crippen LogP contribution >= 0.6 is 23.5 Å². The Morgan fingerprint density at radius 1 is 1.62 bits per heavy atom. The molecule has 2 unspecified atom stereocenters. The van der Waals surface area contributed by atoms with Crippen molar-refractivity contribution in [3.8, 4) is 0 Å². The number of thioether (sulfide) groups is 2. The molecule has 0 aliphatic carbocycles. The lowest BCUT2D eigenvalue weighted by atomic mass is 10.2. The highest BCUT2D eigenvalue weighted by Crippen LogP contribution is 2.32. The number of aryl methyl sites for hydroxylation is 1. The number of nitrogens with zero attached hydrogens (tertiary/aromatic N) is 2. The fraction of sp³-hybridized carbons (Fsp3) is 0.727. The smallest absolute Gasteiger partial charge is 0.126 e. The van der Waals surface area contributed by atoms with Gasteiger partial charge in [0.2, 0.25) is 0 Å². The van der Waals surface area contributed by atoms with Crippen LogP contribution in [-0.4, -0.2) is 39.1 Å². The van der Waals surface area contributed by atoms with Crippen LogP contribution in [0.2, 0.25) is 0 Å². The lowest BCUT2D eigenvalue weighted by molar-refractivity contribution is 0.524. The minimum atomic E-state index is 0.382. The van der Waals surface area contributed by atoms with E-state index in [4.69, 9.17) is 0 Å². The van der Waals surface area contributed by atoms with Gasteiger partial charge in [-0.05, 0) is 14.0 Å². The topological polar surface area (TPSA) is 29.9 Å². The van der Waals surface area contributed by atoms with Gasteiger partial charge in [0, 0.05) is 41.4 Å². The summed E-state index contributed by atoms with van der Waals surface area (Å²) in [6.45, 7) is 3.17. The Bertz CT molecular complexity index is 321. The van der Waals surface area contributed by atoms with E-state index in [0.717, 1.165) is 6.54 Å². The molecule has 1 aromatic rings. The van der Waals surface area contributed by atoms with Gasteiger partial charge in [-0.2, -0.15) is 23.5 Å². The third-order valence-corrected chi connectivity index (χ3v) is 5.75. The lowest BCUT2D eigenvalue weighted by Crippen LogP contribution is -2.33. The number of hydrogen-bond acceptors (Lipinski definition) is 4. The molecule has 0 saturated carbocycles. The number of rotatable bonds is 4. The zero-order valence-electron chi connectivity index (χ0n) is 9.85. The van der Waals surface area contributed by atoms with Crippen molar-refractivity contribution in [3.05, 3.63) is 18.2 Å². The molecule has 1 N–H and O–H groups in total. The predicted octanol–water partition coefficient (Wildman–Crippen LogP) is 2.01. The second-order valence-corrected chi connectivity index (χ2v) is 6.32. The molecule has 0 aromatic carbocycles. The highest BCUT2D eigenvalue weighted by atomic mass is 32.2. The number of aromatic nitrogens is 2. The number of nitrogens with one attached hydrogen (secondary N) is 1. The van der Waals surface area contributed by atoms with Crippen LogP contribution in [0.3, 0.4) is 0 Å². The Morgan fingerprint density at radius 2 is 2.50 bits per heavy atom. The van der Waals surface area contributed by atoms with E-state index in [2.05, 4.69) is 51.5 Å². The van der Waals surface area contributed by atoms with E-state index in [1.54, 1.807) is 0 Å². The fourth-order valence-electron chi connectivity index (χ4n) is 2.05. The van der Waals surface area contributed by atoms with E-state index in [9.17, 15) is 0 Å². The maximum absolute atomic E-state index is 4.51. The zero-order valence-corrected chi connectivity index (χ0v) is 11.5. The Morgan fingerprint density at radius 3 is 3.12 bits per heavy atom. The summed E-state index contributed by atoms with van der Waals surface area (Å²) in [5.41, 5.74) is 0. The number of hydrogen-bond donors (Lipinski definition) is 1. The molecule has 2 rings (SSSR count). The predicted molar refractivity (Wildman–Crippen MR) is 73.3 cm³/mol. The van der Waals surface area contributed by atoms with E-state index in [0.29, 0.717) is 11.3 Å². The summed E-state index contributed by atoms with van der Waals surface area (Å²) >= 11 is 4.14. The van der Waals surface area contributed by atoms with Gasteiger partial charge < -0.3 is 9.88 Å². The monoisotopic (exact) mass is 257 g/mol. The second kappa shape index (κ2) is 5.98. The van der Waals surface area contributed by atoms with Crippen LogP contribution in [0.5, 0.6) is 0 Å². The van der Waals surface area contributed by atoms with Crippen molar-refractivity contribution in [3.63, 3.8) is 0 Å². The third kappa shape index (κ3) is 2.57. The molecule has 1 aromatic heterocycles. The first kappa shape index (κ1) is 12.3. The Kier molecular flexibility index (Phi) is 4.61. The molecule has 0 spiro atoms. The summed E-state index contributed by atoms with van der Waals surface area (Å²) in [5, 5.41) is 4.08. The van der Waals surface area contributed by atoms with Gasteiger partial charge in [0.15, 0.2) is 0 Å². The summed E-state index contributed by atoms with van der Waals surface area (Å²) in [5.74, 6) is 4.97. The van der Waals surface area contributed by atoms with Crippen molar-refractivity contribution in [2.75, 3.05) is 24.3 Å². The second-order valence-electron chi connectivity index (χ2n) is 3.82. The van der Waals surface area contributed by atoms with Crippen molar-refractivity contribution in [1.82, 2.24) is 14.9 Å². The molecule has 1 fully saturated rings. The number of imidazole rings is 1. The minimum absolute atomic E-state index is 0.382. The van der Waals surface area contributed by atoms with E-state index >= 15 is 0 Å². The summed E-state index contributed by atoms with van der Waals surface area (Å²) < 4.78 is 2.24. The van der Waals surface area contributed by atoms with Crippen molar-refractivity contribution in [2.45, 2.75) is 24.8 Å². The molecule has 16 heavy (non-hydrogen) atoms. The highest BCUT2D eigenvalue weighted by molar-refractivity contribution is 8.06. The van der Waals surface area contributed by atoms with Crippen LogP contribution in [0.25, 0.3) is 0 Å². The van der Waals surface area contributed by atoms with Crippen molar-refractivity contribution in [1.29, 1.82) is 0 Å². The normalized spacial score (nSPS) is 23.2. The molecule has 0 radical (unpaired) electrons. The molecule has 2 atom stereocenters. The van der Waals surface area contributed by atoms with E-state index in [1.165, 1.54) is 23.1 Å². The van der Waals surface area contributed by atoms with Crippen LogP contribution in [0, 0.1) is 0 Å². The molecule has 0 bridgehead atoms. The third-order valence-electron chi connectivity index (χ3n) is 2.89. The molecule has 5 heteroatoms. The van der Waals surface area contributed by atoms with Crippen LogP contribution in [-0.2, 0) is 6.54 Å². The highest BCUT2D eigenvalue weighted by Gasteiger charge is 2.27. The molecular weight excluding hydrogens is 238 g/mol. The van der Waals surface area contributed by atoms with Crippen LogP contribution in [0.15, 0.2) is 12.4 Å². The van der Waals surface area contributed by atoms with Crippen LogP contribution in [0.1, 0.15) is 18.8 Å². The maximum atomic E-state index is 4.51. The average molecular weight is 257 g/mol. The molecule has 90 valence electrons. The molecular formula is C11H19N3S2. The van der Waals surface area contributed by atoms with E-state index in [-0.39, 0.29) is 0 Å². The summed E-state index contributed by atoms with van der Waals surface area (Å²) in [7, 11) is 2.04. The zero-order chi connectivity index (χ0) is 11.4. The van der Waals surface area contributed by atoms with Gasteiger partial charge in [0.1, 0.15) is 5.82 Å². The average Bonchev–Trinajstić information content (AvgIpc) is 2.80. The van der Waals surface area contributed by atoms with Crippen molar-refractivity contribution >= 4 is 23.5 Å². The van der Waals surface area contributed by atoms with Gasteiger partial charge in [-0.1, -0.05) is 0 Å². The van der Waals surface area contributed by atoms with Gasteiger partial charge in [0.05, 0.1) is 6.04 Å². The summed E-state index contributed by atoms with van der Waals surface area (Å²) in [6, 6.07) is 0.382. The van der Waals surface area contributed by atoms with Crippen molar-refractivity contribution in [2.24, 2.45) is 0 Å². The van der Waals surface area contributed by atoms with Gasteiger partial charge in [-0.3, -0.25) is 0 Å². The Labute approximate surface area is 106 Å². The molecule has 3 nitrogen and oxygen atoms in total. The Hall–Kier alpha value is -0.130. The molecule has 1 aliphatic rings. The van der Waals surface area contributed by atoms with Crippen LogP contribution in [0.4, 0.5) is 0 Å². The summed E-state index contributed by atoms with van der Waals surface area (Å²) in [6.07, 6.45) is 3.98. The maximum Gasteiger partial charge on any atom is 0.126 e. The molecule has 1 aliphatic heterocycles. The van der Waals surface area contributed by atoms with Gasteiger partial charge >= 0.3 is 0 Å². The molecule has 1 saturated heterocycles. The first-order valence-electron chi connectivity index (χ1n) is 5.74. The van der Waals surface area contributed by atoms with Gasteiger partial charge in [-0.15, -0.1) is 0 Å². The summed E-state index contributed by atoms with van der Waals surface area (Å²) in [4.78, 5) is 4.51. The minimum Gasteiger partial charge on any atom is -0.334 e.